The zero-order valence-corrected chi connectivity index (χ0v) is 32.1. The van der Waals surface area contributed by atoms with E-state index in [2.05, 4.69) is 21.3 Å². The normalized spacial score (nSPS) is 10.1. The highest BCUT2D eigenvalue weighted by Crippen LogP contribution is 2.06. The molecule has 52 heavy (non-hydrogen) atoms. The number of nitrogens with one attached hydrogen (secondary N) is 4. The third kappa shape index (κ3) is 21.3. The summed E-state index contributed by atoms with van der Waals surface area (Å²) in [6.45, 7) is 4.93. The molecular formula is C34H44Cl2N6O8S2. The van der Waals surface area contributed by atoms with Gasteiger partial charge in [-0.15, -0.1) is 23.2 Å². The molecule has 0 bridgehead atoms. The molecule has 2 aromatic rings. The number of carbonyl (C=O) groups is 8. The molecular weight excluding hydrogens is 755 g/mol. The van der Waals surface area contributed by atoms with Gasteiger partial charge in [0.15, 0.2) is 10.2 Å². The van der Waals surface area contributed by atoms with E-state index in [1.807, 2.05) is 6.07 Å². The van der Waals surface area contributed by atoms with Crippen LogP contribution in [0, 0.1) is 0 Å². The van der Waals surface area contributed by atoms with E-state index >= 15 is 0 Å². The molecule has 0 unspecified atom stereocenters. The lowest BCUT2D eigenvalue weighted by molar-refractivity contribution is -0.119. The highest BCUT2D eigenvalue weighted by atomic mass is 35.5. The average molecular weight is 800 g/mol. The van der Waals surface area contributed by atoms with E-state index in [4.69, 9.17) is 23.2 Å². The lowest BCUT2D eigenvalue weighted by Gasteiger charge is -2.23. The van der Waals surface area contributed by atoms with Crippen molar-refractivity contribution in [1.82, 2.24) is 31.1 Å². The van der Waals surface area contributed by atoms with Gasteiger partial charge in [-0.1, -0.05) is 59.9 Å². The quantitative estimate of drug-likeness (QED) is 0.144. The third-order valence-electron chi connectivity index (χ3n) is 6.49. The molecule has 0 radical (unpaired) electrons. The van der Waals surface area contributed by atoms with Crippen molar-refractivity contribution in [3.63, 3.8) is 0 Å². The van der Waals surface area contributed by atoms with Crippen molar-refractivity contribution in [3.05, 3.63) is 71.8 Å². The molecule has 0 aliphatic rings. The van der Waals surface area contributed by atoms with Gasteiger partial charge >= 0.3 is 0 Å². The Morgan fingerprint density at radius 1 is 0.500 bits per heavy atom. The number of hydrogen-bond donors (Lipinski definition) is 4. The molecule has 0 saturated heterocycles. The summed E-state index contributed by atoms with van der Waals surface area (Å²) in [5.41, 5.74) is 1.05. The van der Waals surface area contributed by atoms with E-state index in [1.54, 1.807) is 59.5 Å². The van der Waals surface area contributed by atoms with Crippen LogP contribution in [0.2, 0.25) is 0 Å². The Bertz CT molecular complexity index is 1420. The van der Waals surface area contributed by atoms with Gasteiger partial charge in [-0.05, 0) is 24.3 Å². The van der Waals surface area contributed by atoms with E-state index < -0.39 is 0 Å². The van der Waals surface area contributed by atoms with Gasteiger partial charge in [0.1, 0.15) is 11.8 Å². The maximum absolute atomic E-state index is 12.7. The molecule has 0 atom stereocenters. The van der Waals surface area contributed by atoms with Crippen molar-refractivity contribution >= 4 is 92.4 Å². The smallest absolute Gasteiger partial charge is 0.253 e. The topological polar surface area (TPSA) is 191 Å². The largest absolute Gasteiger partial charge is 0.354 e. The van der Waals surface area contributed by atoms with Crippen LogP contribution in [-0.4, -0.2) is 131 Å². The molecule has 0 fully saturated rings. The number of halogens is 2. The standard InChI is InChI=1S/C19H25N3O5S2.C15H19Cl2N3O3/c1-14(23)28-12-17(25)20-8-10-22(19(27)16-6-4-3-5-7-16)11-9-21-18(26)13-29-15(2)24;16-10-13(21)18-6-8-20(9-7-19-14(22)11-17)15(23)12-4-2-1-3-5-12/h3-7H,8-13H2,1-2H3,(H,20,25)(H,21,26);1-5H,6-11H2,(H,18,21)(H,19,22). The Balaban J connectivity index is 0.000000534. The van der Waals surface area contributed by atoms with Gasteiger partial charge in [-0.25, -0.2) is 0 Å². The summed E-state index contributed by atoms with van der Waals surface area (Å²) in [4.78, 5) is 95.9. The number of rotatable bonds is 20. The summed E-state index contributed by atoms with van der Waals surface area (Å²) in [5, 5.41) is 10.3. The molecule has 14 nitrogen and oxygen atoms in total. The molecule has 0 heterocycles. The fourth-order valence-electron chi connectivity index (χ4n) is 4.01. The van der Waals surface area contributed by atoms with Gasteiger partial charge in [-0.2, -0.15) is 0 Å². The Kier molecular flexibility index (Phi) is 24.3. The Morgan fingerprint density at radius 2 is 0.788 bits per heavy atom. The van der Waals surface area contributed by atoms with Gasteiger partial charge in [0, 0.05) is 77.3 Å². The fourth-order valence-corrected chi connectivity index (χ4v) is 5.07. The molecule has 18 heteroatoms. The minimum absolute atomic E-state index is 0.0336. The molecule has 0 aliphatic carbocycles. The van der Waals surface area contributed by atoms with Crippen molar-refractivity contribution in [2.75, 3.05) is 75.6 Å². The minimum atomic E-state index is -0.297. The van der Waals surface area contributed by atoms with Crippen LogP contribution in [0.5, 0.6) is 0 Å². The molecule has 0 aromatic heterocycles. The number of benzene rings is 2. The van der Waals surface area contributed by atoms with Crippen molar-refractivity contribution in [2.24, 2.45) is 0 Å². The number of amides is 6. The highest BCUT2D eigenvalue weighted by Gasteiger charge is 2.17. The van der Waals surface area contributed by atoms with Gasteiger partial charge in [0.25, 0.3) is 11.8 Å². The van der Waals surface area contributed by atoms with Crippen LogP contribution in [0.4, 0.5) is 0 Å². The second-order valence-corrected chi connectivity index (χ2v) is 13.4. The number of thioether (sulfide) groups is 2. The lowest BCUT2D eigenvalue weighted by atomic mass is 10.2. The Labute approximate surface area is 321 Å². The first-order valence-corrected chi connectivity index (χ1v) is 19.1. The van der Waals surface area contributed by atoms with Crippen molar-refractivity contribution in [2.45, 2.75) is 13.8 Å². The summed E-state index contributed by atoms with van der Waals surface area (Å²) in [6.07, 6.45) is 0. The zero-order chi connectivity index (χ0) is 38.7. The lowest BCUT2D eigenvalue weighted by Crippen LogP contribution is -2.43. The van der Waals surface area contributed by atoms with E-state index in [-0.39, 0.29) is 108 Å². The number of carbonyl (C=O) groups excluding carboxylic acids is 8. The van der Waals surface area contributed by atoms with Crippen molar-refractivity contribution in [1.29, 1.82) is 0 Å². The first-order chi connectivity index (χ1) is 24.9. The predicted molar refractivity (Wildman–Crippen MR) is 204 cm³/mol. The van der Waals surface area contributed by atoms with Crippen LogP contribution < -0.4 is 21.3 Å². The van der Waals surface area contributed by atoms with Gasteiger partial charge in [0.05, 0.1) is 11.5 Å². The maximum atomic E-state index is 12.7. The first kappa shape index (κ1) is 45.9. The van der Waals surface area contributed by atoms with Gasteiger partial charge < -0.3 is 31.1 Å². The van der Waals surface area contributed by atoms with E-state index in [0.29, 0.717) is 24.2 Å². The van der Waals surface area contributed by atoms with Crippen LogP contribution >= 0.6 is 46.7 Å². The molecule has 0 spiro atoms. The molecule has 4 N–H and O–H groups in total. The van der Waals surface area contributed by atoms with E-state index in [1.165, 1.54) is 18.7 Å². The Morgan fingerprint density at radius 3 is 1.06 bits per heavy atom. The average Bonchev–Trinajstić information content (AvgIpc) is 3.15. The minimum Gasteiger partial charge on any atom is -0.354 e. The van der Waals surface area contributed by atoms with Crippen LogP contribution in [-0.2, 0) is 28.8 Å². The van der Waals surface area contributed by atoms with E-state index in [0.717, 1.165) is 23.5 Å². The zero-order valence-electron chi connectivity index (χ0n) is 29.0. The van der Waals surface area contributed by atoms with Crippen LogP contribution in [0.15, 0.2) is 60.7 Å². The van der Waals surface area contributed by atoms with Crippen molar-refractivity contribution < 1.29 is 38.4 Å². The summed E-state index contributed by atoms with van der Waals surface area (Å²) >= 11 is 12.7. The molecule has 6 amide bonds. The van der Waals surface area contributed by atoms with Crippen LogP contribution in [0.3, 0.4) is 0 Å². The number of nitrogens with zero attached hydrogens (tertiary/aromatic N) is 2. The molecule has 2 rings (SSSR count). The van der Waals surface area contributed by atoms with E-state index in [9.17, 15) is 38.4 Å². The number of alkyl halides is 2. The first-order valence-electron chi connectivity index (χ1n) is 16.0. The fraction of sp³-hybridized carbons (Fsp3) is 0.412. The second kappa shape index (κ2) is 27.5. The van der Waals surface area contributed by atoms with Crippen LogP contribution in [0.25, 0.3) is 0 Å². The Hall–Kier alpha value is -4.12. The number of hydrogen-bond acceptors (Lipinski definition) is 10. The SMILES string of the molecule is CC(=O)SCC(=O)NCCN(CCNC(=O)CSC(C)=O)C(=O)c1ccccc1.O=C(CCl)NCCN(CCNC(=O)CCl)C(=O)c1ccccc1. The second-order valence-electron chi connectivity index (χ2n) is 10.5. The molecule has 284 valence electrons. The summed E-state index contributed by atoms with van der Waals surface area (Å²) in [5.74, 6) is -1.74. The third-order valence-corrected chi connectivity index (χ3v) is 8.60. The monoisotopic (exact) mass is 798 g/mol. The van der Waals surface area contributed by atoms with Gasteiger partial charge in [0.2, 0.25) is 23.6 Å². The van der Waals surface area contributed by atoms with Gasteiger partial charge in [-0.3, -0.25) is 38.4 Å². The molecule has 2 aromatic carbocycles. The predicted octanol–water partition coefficient (Wildman–Crippen LogP) is 1.76. The molecule has 0 aliphatic heterocycles. The van der Waals surface area contributed by atoms with Crippen LogP contribution in [0.1, 0.15) is 34.6 Å². The summed E-state index contributed by atoms with van der Waals surface area (Å²) < 4.78 is 0. The maximum Gasteiger partial charge on any atom is 0.253 e. The highest BCUT2D eigenvalue weighted by molar-refractivity contribution is 8.14. The summed E-state index contributed by atoms with van der Waals surface area (Å²) in [6, 6.07) is 17.5. The molecule has 0 saturated carbocycles. The summed E-state index contributed by atoms with van der Waals surface area (Å²) in [7, 11) is 0. The van der Waals surface area contributed by atoms with Crippen molar-refractivity contribution in [3.8, 4) is 0 Å².